The van der Waals surface area contributed by atoms with Crippen LogP contribution in [0.3, 0.4) is 0 Å². The molecule has 0 saturated heterocycles. The van der Waals surface area contributed by atoms with Crippen molar-refractivity contribution in [3.8, 4) is 6.07 Å². The van der Waals surface area contributed by atoms with Gasteiger partial charge in [-0.2, -0.15) is 5.26 Å². The molecule has 6 nitrogen and oxygen atoms in total. The number of nitriles is 1. The summed E-state index contributed by atoms with van der Waals surface area (Å²) in [5, 5.41) is 16.8. The Balaban J connectivity index is 2.29. The molecular weight excluding hydrogens is 281 g/mol. The molecule has 0 fully saturated rings. The highest BCUT2D eigenvalue weighted by Gasteiger charge is 2.16. The first kappa shape index (κ1) is 14.0. The summed E-state index contributed by atoms with van der Waals surface area (Å²) in [6, 6.07) is 5.47. The van der Waals surface area contributed by atoms with E-state index >= 15 is 0 Å². The smallest absolute Gasteiger partial charge is 0.267 e. The molecule has 0 bridgehead atoms. The first-order chi connectivity index (χ1) is 9.56. The molecule has 1 aromatic carbocycles. The molecule has 0 aliphatic rings. The van der Waals surface area contributed by atoms with Gasteiger partial charge < -0.3 is 0 Å². The molecule has 1 aromatic heterocycles. The van der Waals surface area contributed by atoms with Crippen molar-refractivity contribution in [1.82, 2.24) is 14.9 Å². The van der Waals surface area contributed by atoms with E-state index in [1.165, 1.54) is 28.6 Å². The molecule has 8 heteroatoms. The van der Waals surface area contributed by atoms with E-state index in [9.17, 15) is 9.18 Å². The van der Waals surface area contributed by atoms with Gasteiger partial charge in [-0.05, 0) is 31.4 Å². The summed E-state index contributed by atoms with van der Waals surface area (Å²) in [5.41, 5.74) is 2.52. The van der Waals surface area contributed by atoms with Crippen LogP contribution in [0.1, 0.15) is 21.7 Å². The third-order valence-corrected chi connectivity index (χ3v) is 3.16. The fourth-order valence-electron chi connectivity index (χ4n) is 1.53. The second-order valence-electron chi connectivity index (χ2n) is 3.82. The zero-order chi connectivity index (χ0) is 14.7. The zero-order valence-corrected chi connectivity index (χ0v) is 11.5. The second-order valence-corrected chi connectivity index (χ2v) is 4.59. The van der Waals surface area contributed by atoms with E-state index in [-0.39, 0.29) is 11.1 Å². The monoisotopic (exact) mass is 291 g/mol. The van der Waals surface area contributed by atoms with Gasteiger partial charge in [0.1, 0.15) is 11.6 Å². The number of benzene rings is 1. The summed E-state index contributed by atoms with van der Waals surface area (Å²) < 4.78 is 15.1. The first-order valence-corrected chi connectivity index (χ1v) is 6.76. The fourth-order valence-corrected chi connectivity index (χ4v) is 2.02. The highest BCUT2D eigenvalue weighted by molar-refractivity contribution is 7.98. The van der Waals surface area contributed by atoms with Gasteiger partial charge in [0.25, 0.3) is 5.91 Å². The summed E-state index contributed by atoms with van der Waals surface area (Å²) in [7, 11) is 0. The van der Waals surface area contributed by atoms with Crippen LogP contribution in [0.25, 0.3) is 0 Å². The van der Waals surface area contributed by atoms with Crippen molar-refractivity contribution in [3.63, 3.8) is 0 Å². The normalized spacial score (nSPS) is 10.1. The molecule has 1 amide bonds. The van der Waals surface area contributed by atoms with Crippen LogP contribution >= 0.6 is 11.8 Å². The van der Waals surface area contributed by atoms with Crippen LogP contribution in [0.15, 0.2) is 23.4 Å². The van der Waals surface area contributed by atoms with E-state index in [1.807, 2.05) is 0 Å². The number of aromatic nitrogens is 3. The maximum Gasteiger partial charge on any atom is 0.273 e. The number of rotatable bonds is 3. The fraction of sp³-hybridized carbons (Fsp3) is 0.167. The Morgan fingerprint density at radius 3 is 2.85 bits per heavy atom. The number of thioether (sulfide) groups is 1. The molecule has 0 saturated carbocycles. The standard InChI is InChI=1S/C12H10FN5OS/c1-7-15-16-12(20-2)18(7)17-11(19)9-4-3-8(6-14)5-10(9)13/h3-5H,1-2H3,(H,17,19). The topological polar surface area (TPSA) is 83.6 Å². The summed E-state index contributed by atoms with van der Waals surface area (Å²) in [6.45, 7) is 1.67. The van der Waals surface area contributed by atoms with E-state index in [1.54, 1.807) is 19.2 Å². The van der Waals surface area contributed by atoms with Crippen molar-refractivity contribution in [3.05, 3.63) is 41.0 Å². The number of carbonyl (C=O) groups excluding carboxylic acids is 1. The molecule has 1 heterocycles. The Bertz CT molecular complexity index is 706. The lowest BCUT2D eigenvalue weighted by Crippen LogP contribution is -2.25. The number of hydrogen-bond acceptors (Lipinski definition) is 5. The van der Waals surface area contributed by atoms with Crippen LogP contribution in [0.2, 0.25) is 0 Å². The Morgan fingerprint density at radius 1 is 1.50 bits per heavy atom. The molecule has 2 aromatic rings. The summed E-state index contributed by atoms with van der Waals surface area (Å²) >= 11 is 1.30. The third-order valence-electron chi connectivity index (χ3n) is 2.53. The van der Waals surface area contributed by atoms with Crippen LogP contribution in [0, 0.1) is 24.1 Å². The van der Waals surface area contributed by atoms with Crippen molar-refractivity contribution in [2.24, 2.45) is 0 Å². The summed E-state index contributed by atoms with van der Waals surface area (Å²) in [5.74, 6) is -0.903. The number of nitrogens with zero attached hydrogens (tertiary/aromatic N) is 4. The van der Waals surface area contributed by atoms with Crippen molar-refractivity contribution in [2.75, 3.05) is 11.7 Å². The van der Waals surface area contributed by atoms with Gasteiger partial charge in [0, 0.05) is 0 Å². The Hall–Kier alpha value is -2.40. The van der Waals surface area contributed by atoms with Gasteiger partial charge in [0.05, 0.1) is 17.2 Å². The SMILES string of the molecule is CSc1nnc(C)n1NC(=O)c1ccc(C#N)cc1F. The van der Waals surface area contributed by atoms with Crippen molar-refractivity contribution in [2.45, 2.75) is 12.1 Å². The van der Waals surface area contributed by atoms with E-state index in [0.29, 0.717) is 11.0 Å². The predicted octanol–water partition coefficient (Wildman–Crippen LogP) is 1.70. The highest BCUT2D eigenvalue weighted by Crippen LogP contribution is 2.14. The number of halogens is 1. The van der Waals surface area contributed by atoms with Crippen molar-refractivity contribution < 1.29 is 9.18 Å². The lowest BCUT2D eigenvalue weighted by atomic mass is 10.1. The minimum atomic E-state index is -0.752. The Kier molecular flexibility index (Phi) is 4.00. The summed E-state index contributed by atoms with van der Waals surface area (Å²) in [4.78, 5) is 12.0. The zero-order valence-electron chi connectivity index (χ0n) is 10.7. The number of amides is 1. The molecule has 2 rings (SSSR count). The lowest BCUT2D eigenvalue weighted by Gasteiger charge is -2.09. The molecule has 20 heavy (non-hydrogen) atoms. The van der Waals surface area contributed by atoms with E-state index < -0.39 is 11.7 Å². The van der Waals surface area contributed by atoms with Gasteiger partial charge in [-0.3, -0.25) is 10.2 Å². The molecule has 0 atom stereocenters. The van der Waals surface area contributed by atoms with Crippen LogP contribution in [-0.4, -0.2) is 27.0 Å². The minimum Gasteiger partial charge on any atom is -0.267 e. The van der Waals surface area contributed by atoms with Gasteiger partial charge >= 0.3 is 0 Å². The molecule has 1 N–H and O–H groups in total. The number of nitrogens with one attached hydrogen (secondary N) is 1. The molecule has 0 aliphatic carbocycles. The Morgan fingerprint density at radius 2 is 2.25 bits per heavy atom. The maximum absolute atomic E-state index is 13.7. The van der Waals surface area contributed by atoms with E-state index in [0.717, 1.165) is 6.07 Å². The van der Waals surface area contributed by atoms with Crippen LogP contribution in [0.4, 0.5) is 4.39 Å². The average Bonchev–Trinajstić information content (AvgIpc) is 2.79. The number of carbonyl (C=O) groups is 1. The molecule has 0 spiro atoms. The minimum absolute atomic E-state index is 0.149. The first-order valence-electron chi connectivity index (χ1n) is 5.54. The van der Waals surface area contributed by atoms with Gasteiger partial charge in [0.2, 0.25) is 5.16 Å². The van der Waals surface area contributed by atoms with E-state index in [4.69, 9.17) is 5.26 Å². The quantitative estimate of drug-likeness (QED) is 0.870. The molecule has 0 radical (unpaired) electrons. The summed E-state index contributed by atoms with van der Waals surface area (Å²) in [6.07, 6.45) is 1.79. The largest absolute Gasteiger partial charge is 0.273 e. The van der Waals surface area contributed by atoms with Crippen LogP contribution in [0.5, 0.6) is 0 Å². The second kappa shape index (κ2) is 5.71. The van der Waals surface area contributed by atoms with Crippen molar-refractivity contribution >= 4 is 17.7 Å². The molecule has 0 unspecified atom stereocenters. The molecule has 102 valence electrons. The average molecular weight is 291 g/mol. The van der Waals surface area contributed by atoms with Gasteiger partial charge in [-0.1, -0.05) is 11.8 Å². The van der Waals surface area contributed by atoms with Crippen LogP contribution in [-0.2, 0) is 0 Å². The lowest BCUT2D eigenvalue weighted by molar-refractivity contribution is 0.100. The van der Waals surface area contributed by atoms with E-state index in [2.05, 4.69) is 15.6 Å². The third kappa shape index (κ3) is 2.62. The Labute approximate surface area is 118 Å². The maximum atomic E-state index is 13.7. The van der Waals surface area contributed by atoms with Crippen molar-refractivity contribution in [1.29, 1.82) is 5.26 Å². The van der Waals surface area contributed by atoms with Gasteiger partial charge in [0.15, 0.2) is 0 Å². The number of hydrogen-bond donors (Lipinski definition) is 1. The van der Waals surface area contributed by atoms with Gasteiger partial charge in [-0.15, -0.1) is 10.2 Å². The molecular formula is C12H10FN5OS. The molecule has 0 aliphatic heterocycles. The number of aryl methyl sites for hydroxylation is 1. The van der Waals surface area contributed by atoms with Gasteiger partial charge in [-0.25, -0.2) is 9.07 Å². The van der Waals surface area contributed by atoms with Crippen LogP contribution < -0.4 is 5.43 Å². The predicted molar refractivity (Wildman–Crippen MR) is 71.3 cm³/mol. The highest BCUT2D eigenvalue weighted by atomic mass is 32.2.